The van der Waals surface area contributed by atoms with Crippen LogP contribution >= 0.6 is 0 Å². The number of aliphatic hydroxyl groups excluding tert-OH is 1. The third-order valence-corrected chi connectivity index (χ3v) is 4.21. The van der Waals surface area contributed by atoms with Crippen molar-refractivity contribution in [2.24, 2.45) is 0 Å². The molecule has 0 spiro atoms. The molecule has 25 heavy (non-hydrogen) atoms. The number of imidazole rings is 1. The minimum atomic E-state index is -4.48. The number of ether oxygens (including phenoxy) is 1. The van der Waals surface area contributed by atoms with E-state index >= 15 is 0 Å². The van der Waals surface area contributed by atoms with E-state index in [-0.39, 0.29) is 38.6 Å². The van der Waals surface area contributed by atoms with Gasteiger partial charge < -0.3 is 19.3 Å². The second-order valence-electron chi connectivity index (χ2n) is 5.82. The van der Waals surface area contributed by atoms with Crippen LogP contribution < -0.4 is 0 Å². The van der Waals surface area contributed by atoms with E-state index < -0.39 is 18.8 Å². The highest BCUT2D eigenvalue weighted by Gasteiger charge is 2.44. The number of nitrogens with zero attached hydrogens (tertiary/aromatic N) is 3. The van der Waals surface area contributed by atoms with E-state index in [1.165, 1.54) is 4.90 Å². The van der Waals surface area contributed by atoms with Gasteiger partial charge >= 0.3 is 6.18 Å². The smallest absolute Gasteiger partial charge is 0.388 e. The highest BCUT2D eigenvalue weighted by molar-refractivity contribution is 5.78. The molecule has 2 heterocycles. The first kappa shape index (κ1) is 17.7. The normalized spacial score (nSPS) is 18.7. The molecule has 0 saturated carbocycles. The van der Waals surface area contributed by atoms with Crippen molar-refractivity contribution in [2.45, 2.75) is 31.9 Å². The standard InChI is InChI=1S/C16H18F3N3O3/c17-16(18,19)13-9-21(7-8-25-13)15(24)5-6-22-12-4-2-1-3-11(12)20-14(22)10-23/h1-4,13,23H,5-10H2. The van der Waals surface area contributed by atoms with Crippen molar-refractivity contribution in [2.75, 3.05) is 19.7 Å². The first-order valence-electron chi connectivity index (χ1n) is 7.91. The fourth-order valence-electron chi connectivity index (χ4n) is 2.93. The van der Waals surface area contributed by atoms with Gasteiger partial charge in [-0.3, -0.25) is 4.79 Å². The van der Waals surface area contributed by atoms with Crippen molar-refractivity contribution in [1.82, 2.24) is 14.5 Å². The molecule has 1 atom stereocenters. The van der Waals surface area contributed by atoms with E-state index in [9.17, 15) is 23.1 Å². The fraction of sp³-hybridized carbons (Fsp3) is 0.500. The summed E-state index contributed by atoms with van der Waals surface area (Å²) in [6.45, 7) is -0.519. The van der Waals surface area contributed by atoms with Crippen LogP contribution in [-0.4, -0.2) is 57.4 Å². The van der Waals surface area contributed by atoms with Crippen LogP contribution in [0.3, 0.4) is 0 Å². The lowest BCUT2D eigenvalue weighted by atomic mass is 10.2. The SMILES string of the molecule is O=C(CCn1c(CO)nc2ccccc21)N1CCOC(C(F)(F)F)C1. The van der Waals surface area contributed by atoms with E-state index in [2.05, 4.69) is 4.98 Å². The number of hydrogen-bond donors (Lipinski definition) is 1. The number of amides is 1. The number of rotatable bonds is 4. The molecule has 2 aromatic rings. The number of hydrogen-bond acceptors (Lipinski definition) is 4. The number of carbonyl (C=O) groups excluding carboxylic acids is 1. The predicted octanol–water partition coefficient (Wildman–Crippen LogP) is 1.71. The first-order valence-corrected chi connectivity index (χ1v) is 7.91. The zero-order valence-electron chi connectivity index (χ0n) is 13.4. The highest BCUT2D eigenvalue weighted by Crippen LogP contribution is 2.26. The van der Waals surface area contributed by atoms with Gasteiger partial charge in [0.05, 0.1) is 24.2 Å². The van der Waals surface area contributed by atoms with E-state index in [0.717, 1.165) is 5.52 Å². The molecule has 6 nitrogen and oxygen atoms in total. The van der Waals surface area contributed by atoms with Crippen LogP contribution in [0.5, 0.6) is 0 Å². The van der Waals surface area contributed by atoms with Crippen LogP contribution in [0.15, 0.2) is 24.3 Å². The average Bonchev–Trinajstić information content (AvgIpc) is 2.97. The first-order chi connectivity index (χ1) is 11.9. The third-order valence-electron chi connectivity index (χ3n) is 4.21. The lowest BCUT2D eigenvalue weighted by Crippen LogP contribution is -2.51. The third kappa shape index (κ3) is 3.77. The van der Waals surface area contributed by atoms with Crippen molar-refractivity contribution >= 4 is 16.9 Å². The molecule has 1 aromatic heterocycles. The summed E-state index contributed by atoms with van der Waals surface area (Å²) in [5.74, 6) is 0.0448. The van der Waals surface area contributed by atoms with Gasteiger partial charge in [-0.15, -0.1) is 0 Å². The molecular formula is C16H18F3N3O3. The molecule has 0 radical (unpaired) electrons. The largest absolute Gasteiger partial charge is 0.416 e. The van der Waals surface area contributed by atoms with Gasteiger partial charge in [-0.05, 0) is 12.1 Å². The maximum Gasteiger partial charge on any atom is 0.416 e. The maximum absolute atomic E-state index is 12.8. The molecule has 136 valence electrons. The van der Waals surface area contributed by atoms with Gasteiger partial charge in [-0.25, -0.2) is 4.98 Å². The Kier molecular flexibility index (Phi) is 4.96. The van der Waals surface area contributed by atoms with E-state index in [4.69, 9.17) is 4.74 Å². The number of halogens is 3. The molecule has 1 unspecified atom stereocenters. The molecular weight excluding hydrogens is 339 g/mol. The minimum Gasteiger partial charge on any atom is -0.388 e. The van der Waals surface area contributed by atoms with Crippen molar-refractivity contribution in [3.05, 3.63) is 30.1 Å². The number of carbonyl (C=O) groups is 1. The summed E-state index contributed by atoms with van der Waals surface area (Å²) in [5, 5.41) is 9.44. The summed E-state index contributed by atoms with van der Waals surface area (Å²) in [7, 11) is 0. The molecule has 1 fully saturated rings. The van der Waals surface area contributed by atoms with Gasteiger partial charge in [0.2, 0.25) is 5.91 Å². The molecule has 1 saturated heterocycles. The molecule has 1 aliphatic heterocycles. The number of aliphatic hydroxyl groups is 1. The van der Waals surface area contributed by atoms with Crippen molar-refractivity contribution in [3.63, 3.8) is 0 Å². The summed E-state index contributed by atoms with van der Waals surface area (Å²) in [4.78, 5) is 17.8. The van der Waals surface area contributed by atoms with E-state index in [1.807, 2.05) is 18.2 Å². The molecule has 9 heteroatoms. The van der Waals surface area contributed by atoms with Crippen molar-refractivity contribution in [3.8, 4) is 0 Å². The number of aromatic nitrogens is 2. The van der Waals surface area contributed by atoms with Gasteiger partial charge in [-0.1, -0.05) is 12.1 Å². The number of alkyl halides is 3. The van der Waals surface area contributed by atoms with Crippen LogP contribution in [0.25, 0.3) is 11.0 Å². The van der Waals surface area contributed by atoms with Gasteiger partial charge in [0.25, 0.3) is 0 Å². The molecule has 0 bridgehead atoms. The Bertz CT molecular complexity index is 760. The Hall–Kier alpha value is -2.13. The second kappa shape index (κ2) is 7.01. The van der Waals surface area contributed by atoms with E-state index in [1.54, 1.807) is 10.6 Å². The van der Waals surface area contributed by atoms with Crippen LogP contribution in [0.1, 0.15) is 12.2 Å². The Balaban J connectivity index is 1.68. The zero-order valence-corrected chi connectivity index (χ0v) is 13.4. The molecule has 1 aliphatic rings. The van der Waals surface area contributed by atoms with Crippen molar-refractivity contribution in [1.29, 1.82) is 0 Å². The molecule has 1 N–H and O–H groups in total. The highest BCUT2D eigenvalue weighted by atomic mass is 19.4. The lowest BCUT2D eigenvalue weighted by molar-refractivity contribution is -0.236. The molecule has 1 amide bonds. The quantitative estimate of drug-likeness (QED) is 0.905. The molecule has 3 rings (SSSR count). The average molecular weight is 357 g/mol. The van der Waals surface area contributed by atoms with Crippen LogP contribution in [0, 0.1) is 0 Å². The zero-order chi connectivity index (χ0) is 18.0. The van der Waals surface area contributed by atoms with E-state index in [0.29, 0.717) is 11.3 Å². The Labute approximate surface area is 141 Å². The summed E-state index contributed by atoms with van der Waals surface area (Å²) >= 11 is 0. The number of benzene rings is 1. The lowest BCUT2D eigenvalue weighted by Gasteiger charge is -2.33. The number of para-hydroxylation sites is 2. The Morgan fingerprint density at radius 2 is 2.12 bits per heavy atom. The monoisotopic (exact) mass is 357 g/mol. The summed E-state index contributed by atoms with van der Waals surface area (Å²) in [6, 6.07) is 7.25. The predicted molar refractivity (Wildman–Crippen MR) is 82.6 cm³/mol. The summed E-state index contributed by atoms with van der Waals surface area (Å²) in [5.41, 5.74) is 1.47. The van der Waals surface area contributed by atoms with Gasteiger partial charge in [0.15, 0.2) is 6.10 Å². The second-order valence-corrected chi connectivity index (χ2v) is 5.82. The molecule has 0 aliphatic carbocycles. The topological polar surface area (TPSA) is 67.6 Å². The number of fused-ring (bicyclic) bond motifs is 1. The minimum absolute atomic E-state index is 0.0257. The van der Waals surface area contributed by atoms with Gasteiger partial charge in [0, 0.05) is 19.5 Å². The van der Waals surface area contributed by atoms with Crippen molar-refractivity contribution < 1.29 is 27.8 Å². The number of morpholine rings is 1. The summed E-state index contributed by atoms with van der Waals surface area (Å²) in [6.07, 6.45) is -6.39. The maximum atomic E-state index is 12.8. The summed E-state index contributed by atoms with van der Waals surface area (Å²) < 4.78 is 44.7. The van der Waals surface area contributed by atoms with Crippen LogP contribution in [-0.2, 0) is 22.7 Å². The molecule has 1 aromatic carbocycles. The van der Waals surface area contributed by atoms with Gasteiger partial charge in [0.1, 0.15) is 12.4 Å². The number of aryl methyl sites for hydroxylation is 1. The van der Waals surface area contributed by atoms with Crippen LogP contribution in [0.4, 0.5) is 13.2 Å². The Morgan fingerprint density at radius 3 is 2.84 bits per heavy atom. The van der Waals surface area contributed by atoms with Crippen LogP contribution in [0.2, 0.25) is 0 Å². The van der Waals surface area contributed by atoms with Gasteiger partial charge in [-0.2, -0.15) is 13.2 Å². The fourth-order valence-corrected chi connectivity index (χ4v) is 2.93. The Morgan fingerprint density at radius 1 is 1.36 bits per heavy atom.